The van der Waals surface area contributed by atoms with E-state index in [1.807, 2.05) is 30.1 Å². The van der Waals surface area contributed by atoms with E-state index in [-0.39, 0.29) is 17.7 Å². The molecule has 19 heavy (non-hydrogen) atoms. The van der Waals surface area contributed by atoms with E-state index in [4.69, 9.17) is 0 Å². The second-order valence-corrected chi connectivity index (χ2v) is 5.24. The van der Waals surface area contributed by atoms with Gasteiger partial charge >= 0.3 is 0 Å². The molecule has 1 saturated heterocycles. The first-order valence-electron chi connectivity index (χ1n) is 6.69. The van der Waals surface area contributed by atoms with Crippen LogP contribution in [0.1, 0.15) is 30.1 Å². The Morgan fingerprint density at radius 2 is 2.05 bits per heavy atom. The van der Waals surface area contributed by atoms with Crippen molar-refractivity contribution >= 4 is 11.7 Å². The van der Waals surface area contributed by atoms with E-state index >= 15 is 0 Å². The number of likely N-dealkylation sites (tertiary alicyclic amines) is 1. The average Bonchev–Trinajstić information content (AvgIpc) is 2.78. The van der Waals surface area contributed by atoms with E-state index in [9.17, 15) is 9.59 Å². The van der Waals surface area contributed by atoms with Crippen molar-refractivity contribution in [1.82, 2.24) is 14.8 Å². The summed E-state index contributed by atoms with van der Waals surface area (Å²) in [5, 5.41) is 2.94. The highest BCUT2D eigenvalue weighted by molar-refractivity contribution is 5.97. The lowest BCUT2D eigenvalue weighted by atomic mass is 10.0. The molecule has 1 aliphatic heterocycles. The monoisotopic (exact) mass is 263 g/mol. The average molecular weight is 263 g/mol. The minimum atomic E-state index is 0.0267. The predicted octanol–water partition coefficient (Wildman–Crippen LogP) is 0.808. The van der Waals surface area contributed by atoms with E-state index in [0.717, 1.165) is 31.5 Å². The van der Waals surface area contributed by atoms with Gasteiger partial charge in [0.1, 0.15) is 0 Å². The Bertz CT molecular complexity index is 459. The van der Waals surface area contributed by atoms with Crippen LogP contribution in [0, 0.1) is 0 Å². The molecule has 0 saturated carbocycles. The first-order valence-corrected chi connectivity index (χ1v) is 6.69. The van der Waals surface area contributed by atoms with Crippen molar-refractivity contribution in [1.29, 1.82) is 0 Å². The number of nitrogens with one attached hydrogen (secondary N) is 1. The maximum absolute atomic E-state index is 12.1. The fraction of sp³-hybridized carbons (Fsp3) is 0.571. The maximum atomic E-state index is 12.1. The van der Waals surface area contributed by atoms with Crippen molar-refractivity contribution < 1.29 is 9.59 Å². The van der Waals surface area contributed by atoms with Crippen LogP contribution in [0.2, 0.25) is 0 Å². The van der Waals surface area contributed by atoms with Gasteiger partial charge in [-0.15, -0.1) is 0 Å². The Morgan fingerprint density at radius 1 is 1.37 bits per heavy atom. The molecule has 0 aliphatic carbocycles. The smallest absolute Gasteiger partial charge is 0.217 e. The van der Waals surface area contributed by atoms with Crippen LogP contribution in [0.3, 0.4) is 0 Å². The summed E-state index contributed by atoms with van der Waals surface area (Å²) in [6, 6.07) is 2.12. The van der Waals surface area contributed by atoms with Gasteiger partial charge in [-0.3, -0.25) is 14.5 Å². The van der Waals surface area contributed by atoms with Gasteiger partial charge in [-0.25, -0.2) is 0 Å². The van der Waals surface area contributed by atoms with E-state index in [2.05, 4.69) is 10.2 Å². The summed E-state index contributed by atoms with van der Waals surface area (Å²) in [5.74, 6) is 0.192. The number of hydrogen-bond acceptors (Lipinski definition) is 3. The van der Waals surface area contributed by atoms with Crippen molar-refractivity contribution in [3.05, 3.63) is 24.0 Å². The Balaban J connectivity index is 1.79. The number of piperidine rings is 1. The largest absolute Gasteiger partial charge is 0.357 e. The molecule has 0 aromatic carbocycles. The molecule has 0 radical (unpaired) electrons. The lowest BCUT2D eigenvalue weighted by molar-refractivity contribution is -0.119. The number of Topliss-reactive ketones (excluding diaryl/α,β-unsaturated/α-hetero) is 1. The van der Waals surface area contributed by atoms with Crippen molar-refractivity contribution in [3.63, 3.8) is 0 Å². The van der Waals surface area contributed by atoms with Crippen molar-refractivity contribution in [3.8, 4) is 0 Å². The predicted molar refractivity (Wildman–Crippen MR) is 73.0 cm³/mol. The van der Waals surface area contributed by atoms with Gasteiger partial charge in [0, 0.05) is 51.1 Å². The van der Waals surface area contributed by atoms with Crippen LogP contribution in [0.4, 0.5) is 0 Å². The number of aryl methyl sites for hydroxylation is 1. The van der Waals surface area contributed by atoms with E-state index in [0.29, 0.717) is 6.54 Å². The molecule has 1 amide bonds. The highest BCUT2D eigenvalue weighted by atomic mass is 16.1. The van der Waals surface area contributed by atoms with Crippen molar-refractivity contribution in [2.45, 2.75) is 25.8 Å². The Hall–Kier alpha value is -1.62. The zero-order chi connectivity index (χ0) is 13.8. The summed E-state index contributed by atoms with van der Waals surface area (Å²) in [7, 11) is 1.91. The topological polar surface area (TPSA) is 54.3 Å². The molecule has 0 atom stereocenters. The molecule has 1 N–H and O–H groups in total. The lowest BCUT2D eigenvalue weighted by Crippen LogP contribution is -2.45. The fourth-order valence-electron chi connectivity index (χ4n) is 2.49. The molecule has 1 aliphatic rings. The molecule has 0 unspecified atom stereocenters. The molecule has 1 aromatic heterocycles. The zero-order valence-corrected chi connectivity index (χ0v) is 11.6. The first-order chi connectivity index (χ1) is 9.04. The minimum Gasteiger partial charge on any atom is -0.357 e. The molecule has 5 nitrogen and oxygen atoms in total. The Morgan fingerprint density at radius 3 is 2.58 bits per heavy atom. The minimum absolute atomic E-state index is 0.0267. The third-order valence-corrected chi connectivity index (χ3v) is 3.52. The number of carbonyl (C=O) groups is 2. The molecule has 104 valence electrons. The van der Waals surface area contributed by atoms with Gasteiger partial charge in [0.2, 0.25) is 5.91 Å². The van der Waals surface area contributed by atoms with Crippen LogP contribution >= 0.6 is 0 Å². The van der Waals surface area contributed by atoms with Crippen LogP contribution in [0.15, 0.2) is 18.5 Å². The Labute approximate surface area is 113 Å². The number of aromatic nitrogens is 1. The molecule has 5 heteroatoms. The number of nitrogens with zero attached hydrogens (tertiary/aromatic N) is 2. The van der Waals surface area contributed by atoms with Gasteiger partial charge in [-0.1, -0.05) is 0 Å². The summed E-state index contributed by atoms with van der Waals surface area (Å²) in [6.45, 7) is 3.75. The van der Waals surface area contributed by atoms with Gasteiger partial charge < -0.3 is 9.88 Å². The second-order valence-electron chi connectivity index (χ2n) is 5.24. The highest BCUT2D eigenvalue weighted by Gasteiger charge is 2.21. The van der Waals surface area contributed by atoms with Crippen molar-refractivity contribution in [2.75, 3.05) is 19.6 Å². The summed E-state index contributed by atoms with van der Waals surface area (Å²) < 4.78 is 1.89. The molecular formula is C14H21N3O2. The first kappa shape index (κ1) is 13.8. The number of rotatable bonds is 4. The lowest BCUT2D eigenvalue weighted by Gasteiger charge is -2.31. The highest BCUT2D eigenvalue weighted by Crippen LogP contribution is 2.11. The molecule has 1 aromatic rings. The van der Waals surface area contributed by atoms with E-state index in [1.54, 1.807) is 6.92 Å². The van der Waals surface area contributed by atoms with Gasteiger partial charge in [0.15, 0.2) is 5.78 Å². The summed E-state index contributed by atoms with van der Waals surface area (Å²) in [5.41, 5.74) is 0.770. The van der Waals surface area contributed by atoms with Gasteiger partial charge in [0.05, 0.1) is 6.54 Å². The molecule has 2 rings (SSSR count). The molecule has 1 fully saturated rings. The quantitative estimate of drug-likeness (QED) is 0.818. The molecular weight excluding hydrogens is 242 g/mol. The van der Waals surface area contributed by atoms with E-state index in [1.165, 1.54) is 0 Å². The molecule has 0 bridgehead atoms. The second kappa shape index (κ2) is 6.02. The van der Waals surface area contributed by atoms with Gasteiger partial charge in [-0.05, 0) is 18.9 Å². The van der Waals surface area contributed by atoms with Crippen molar-refractivity contribution in [2.24, 2.45) is 7.05 Å². The van der Waals surface area contributed by atoms with Crippen LogP contribution in [-0.4, -0.2) is 46.8 Å². The third-order valence-electron chi connectivity index (χ3n) is 3.52. The number of hydrogen-bond donors (Lipinski definition) is 1. The van der Waals surface area contributed by atoms with Gasteiger partial charge in [0.25, 0.3) is 0 Å². The van der Waals surface area contributed by atoms with Crippen LogP contribution in [0.5, 0.6) is 0 Å². The van der Waals surface area contributed by atoms with Gasteiger partial charge in [-0.2, -0.15) is 0 Å². The molecule has 0 spiro atoms. The molecule has 2 heterocycles. The summed E-state index contributed by atoms with van der Waals surface area (Å²) in [6.07, 6.45) is 5.58. The maximum Gasteiger partial charge on any atom is 0.217 e. The fourth-order valence-corrected chi connectivity index (χ4v) is 2.49. The Kier molecular flexibility index (Phi) is 4.37. The standard InChI is InChI=1S/C14H21N3O2/c1-11(18)15-13-4-7-17(8-5-13)10-14(19)12-3-6-16(2)9-12/h3,6,9,13H,4-5,7-8,10H2,1-2H3,(H,15,18). The number of amides is 1. The van der Waals surface area contributed by atoms with Crippen LogP contribution in [-0.2, 0) is 11.8 Å². The summed E-state index contributed by atoms with van der Waals surface area (Å²) in [4.78, 5) is 25.2. The van der Waals surface area contributed by atoms with Crippen LogP contribution in [0.25, 0.3) is 0 Å². The zero-order valence-electron chi connectivity index (χ0n) is 11.6. The third kappa shape index (κ3) is 3.92. The van der Waals surface area contributed by atoms with Crippen LogP contribution < -0.4 is 5.32 Å². The summed E-state index contributed by atoms with van der Waals surface area (Å²) >= 11 is 0. The number of ketones is 1. The normalized spacial score (nSPS) is 17.4. The van der Waals surface area contributed by atoms with E-state index < -0.39 is 0 Å². The number of carbonyl (C=O) groups excluding carboxylic acids is 2. The SMILES string of the molecule is CC(=O)NC1CCN(CC(=O)c2ccn(C)c2)CC1.